The minimum absolute atomic E-state index is 0.0856. The number of aromatic nitrogens is 3. The second-order valence-electron chi connectivity index (χ2n) is 5.14. The lowest BCUT2D eigenvalue weighted by molar-refractivity contribution is 0.0590. The number of methoxy groups -OCH3 is 1. The lowest BCUT2D eigenvalue weighted by atomic mass is 10.2. The highest BCUT2D eigenvalue weighted by Crippen LogP contribution is 2.26. The maximum Gasteiger partial charge on any atom is 0.357 e. The predicted octanol–water partition coefficient (Wildman–Crippen LogP) is 1.56. The van der Waals surface area contributed by atoms with Crippen LogP contribution in [0.4, 0.5) is 5.13 Å². The van der Waals surface area contributed by atoms with E-state index in [2.05, 4.69) is 47.4 Å². The highest BCUT2D eigenvalue weighted by Gasteiger charge is 2.22. The molecular weight excluding hydrogens is 292 g/mol. The van der Waals surface area contributed by atoms with Gasteiger partial charge in [-0.3, -0.25) is 4.79 Å². The molecule has 0 amide bonds. The van der Waals surface area contributed by atoms with Gasteiger partial charge in [0.15, 0.2) is 5.69 Å². The first-order valence-corrected chi connectivity index (χ1v) is 7.44. The van der Waals surface area contributed by atoms with E-state index in [1.807, 2.05) is 0 Å². The lowest BCUT2D eigenvalue weighted by Gasteiger charge is -2.29. The summed E-state index contributed by atoms with van der Waals surface area (Å²) in [6.07, 6.45) is 0. The zero-order chi connectivity index (χ0) is 15.7. The van der Waals surface area contributed by atoms with Gasteiger partial charge >= 0.3 is 5.97 Å². The molecule has 21 heavy (non-hydrogen) atoms. The van der Waals surface area contributed by atoms with Crippen molar-refractivity contribution >= 4 is 27.4 Å². The summed E-state index contributed by atoms with van der Waals surface area (Å²) < 4.78 is 6.05. The number of hydrogen-bond donors (Lipinski definition) is 0. The molecule has 0 aliphatic carbocycles. The zero-order valence-corrected chi connectivity index (χ0v) is 13.5. The average molecular weight is 310 g/mol. The molecule has 0 bridgehead atoms. The summed E-state index contributed by atoms with van der Waals surface area (Å²) in [5.74, 6) is -0.609. The number of carbonyl (C=O) groups is 1. The van der Waals surface area contributed by atoms with Gasteiger partial charge in [-0.1, -0.05) is 11.3 Å². The van der Waals surface area contributed by atoms with Crippen molar-refractivity contribution in [3.05, 3.63) is 22.1 Å². The molecule has 2 heterocycles. The maximum atomic E-state index is 11.8. The van der Waals surface area contributed by atoms with Gasteiger partial charge in [-0.05, 0) is 27.7 Å². The van der Waals surface area contributed by atoms with Crippen LogP contribution in [0.15, 0.2) is 10.9 Å². The van der Waals surface area contributed by atoms with Crippen molar-refractivity contribution in [2.45, 2.75) is 39.8 Å². The summed E-state index contributed by atoms with van der Waals surface area (Å²) in [6, 6.07) is 1.61. The van der Waals surface area contributed by atoms with E-state index in [0.29, 0.717) is 10.1 Å². The highest BCUT2D eigenvalue weighted by molar-refractivity contribution is 7.20. The molecule has 0 spiro atoms. The normalized spacial score (nSPS) is 11.4. The Morgan fingerprint density at radius 1 is 1.33 bits per heavy atom. The van der Waals surface area contributed by atoms with Crippen molar-refractivity contribution < 1.29 is 9.53 Å². The molecule has 0 radical (unpaired) electrons. The Labute approximate surface area is 126 Å². The second-order valence-corrected chi connectivity index (χ2v) is 6.08. The van der Waals surface area contributed by atoms with Gasteiger partial charge in [-0.25, -0.2) is 4.79 Å². The van der Waals surface area contributed by atoms with Crippen LogP contribution in [0.2, 0.25) is 0 Å². The fourth-order valence-corrected chi connectivity index (χ4v) is 3.37. The Morgan fingerprint density at radius 2 is 1.95 bits per heavy atom. The molecule has 0 atom stereocenters. The first-order valence-electron chi connectivity index (χ1n) is 6.62. The van der Waals surface area contributed by atoms with E-state index in [1.165, 1.54) is 23.0 Å². The molecule has 114 valence electrons. The first-order chi connectivity index (χ1) is 9.85. The van der Waals surface area contributed by atoms with Crippen molar-refractivity contribution in [2.24, 2.45) is 0 Å². The molecule has 0 saturated carbocycles. The molecule has 2 aromatic rings. The van der Waals surface area contributed by atoms with Gasteiger partial charge in [0.1, 0.15) is 0 Å². The van der Waals surface area contributed by atoms with Crippen LogP contribution >= 0.6 is 11.3 Å². The van der Waals surface area contributed by atoms with Crippen LogP contribution in [0, 0.1) is 0 Å². The third-order valence-electron chi connectivity index (χ3n) is 2.97. The standard InChI is InChI=1S/C13H18N4O3S/c1-7(2)16(8(3)4)13-15-17-9(11(19)20-5)6-10(18)14-12(17)21-13/h6-8H,1-5H3. The van der Waals surface area contributed by atoms with Crippen LogP contribution in [0.3, 0.4) is 0 Å². The Morgan fingerprint density at radius 3 is 2.48 bits per heavy atom. The maximum absolute atomic E-state index is 11.8. The molecule has 0 aromatic carbocycles. The number of carbonyl (C=O) groups excluding carboxylic acids is 1. The SMILES string of the molecule is COC(=O)c1cc(=O)nc2sc(N(C(C)C)C(C)C)nn12. The second kappa shape index (κ2) is 5.80. The predicted molar refractivity (Wildman–Crippen MR) is 81.2 cm³/mol. The molecule has 2 rings (SSSR count). The monoisotopic (exact) mass is 310 g/mol. The summed E-state index contributed by atoms with van der Waals surface area (Å²) in [7, 11) is 1.27. The summed E-state index contributed by atoms with van der Waals surface area (Å²) in [5, 5.41) is 5.14. The van der Waals surface area contributed by atoms with Gasteiger partial charge in [0, 0.05) is 18.2 Å². The smallest absolute Gasteiger partial charge is 0.357 e. The fourth-order valence-electron chi connectivity index (χ4n) is 2.20. The van der Waals surface area contributed by atoms with Gasteiger partial charge in [-0.2, -0.15) is 9.50 Å². The number of rotatable bonds is 4. The molecule has 0 unspecified atom stereocenters. The van der Waals surface area contributed by atoms with Crippen LogP contribution < -0.4 is 10.5 Å². The molecule has 7 nitrogen and oxygen atoms in total. The molecule has 0 N–H and O–H groups in total. The summed E-state index contributed by atoms with van der Waals surface area (Å²) >= 11 is 1.28. The van der Waals surface area contributed by atoms with Crippen LogP contribution in [0.1, 0.15) is 38.2 Å². The summed E-state index contributed by atoms with van der Waals surface area (Å²) in [5.41, 5.74) is -0.395. The third kappa shape index (κ3) is 2.90. The molecular formula is C13H18N4O3S. The van der Waals surface area contributed by atoms with E-state index in [0.717, 1.165) is 6.07 Å². The number of anilines is 1. The van der Waals surface area contributed by atoms with E-state index >= 15 is 0 Å². The van der Waals surface area contributed by atoms with Gasteiger partial charge < -0.3 is 9.64 Å². The van der Waals surface area contributed by atoms with E-state index in [4.69, 9.17) is 0 Å². The van der Waals surface area contributed by atoms with E-state index in [9.17, 15) is 9.59 Å². The molecule has 0 aliphatic heterocycles. The summed E-state index contributed by atoms with van der Waals surface area (Å²) in [4.78, 5) is 29.8. The molecule has 2 aromatic heterocycles. The number of ether oxygens (including phenoxy) is 1. The number of esters is 1. The Bertz CT molecular complexity index is 712. The van der Waals surface area contributed by atoms with E-state index in [1.54, 1.807) is 0 Å². The third-order valence-corrected chi connectivity index (χ3v) is 3.89. The van der Waals surface area contributed by atoms with E-state index in [-0.39, 0.29) is 17.8 Å². The van der Waals surface area contributed by atoms with Crippen LogP contribution in [0.5, 0.6) is 0 Å². The van der Waals surface area contributed by atoms with Gasteiger partial charge in [0.25, 0.3) is 5.56 Å². The topological polar surface area (TPSA) is 76.8 Å². The molecule has 8 heteroatoms. The number of hydrogen-bond acceptors (Lipinski definition) is 7. The van der Waals surface area contributed by atoms with Crippen molar-refractivity contribution in [3.8, 4) is 0 Å². The molecule has 0 aliphatic rings. The zero-order valence-electron chi connectivity index (χ0n) is 12.7. The van der Waals surface area contributed by atoms with Crippen molar-refractivity contribution in [3.63, 3.8) is 0 Å². The van der Waals surface area contributed by atoms with Crippen LogP contribution in [-0.4, -0.2) is 39.8 Å². The quantitative estimate of drug-likeness (QED) is 0.798. The lowest BCUT2D eigenvalue weighted by Crippen LogP contribution is -2.37. The fraction of sp³-hybridized carbons (Fsp3) is 0.538. The first kappa shape index (κ1) is 15.4. The summed E-state index contributed by atoms with van der Waals surface area (Å²) in [6.45, 7) is 8.24. The molecule has 0 fully saturated rings. The Balaban J connectivity index is 2.65. The van der Waals surface area contributed by atoms with Gasteiger partial charge in [0.2, 0.25) is 10.1 Å². The Kier molecular flexibility index (Phi) is 4.26. The largest absolute Gasteiger partial charge is 0.464 e. The molecule has 0 saturated heterocycles. The van der Waals surface area contributed by atoms with Crippen LogP contribution in [0.25, 0.3) is 4.96 Å². The average Bonchev–Trinajstić information content (AvgIpc) is 2.78. The van der Waals surface area contributed by atoms with Gasteiger partial charge in [-0.15, -0.1) is 5.10 Å². The number of nitrogens with zero attached hydrogens (tertiary/aromatic N) is 4. The minimum atomic E-state index is -0.609. The van der Waals surface area contributed by atoms with E-state index < -0.39 is 11.5 Å². The Hall–Kier alpha value is -1.96. The van der Waals surface area contributed by atoms with Crippen LogP contribution in [-0.2, 0) is 4.74 Å². The number of fused-ring (bicyclic) bond motifs is 1. The van der Waals surface area contributed by atoms with Crippen molar-refractivity contribution in [1.82, 2.24) is 14.6 Å². The minimum Gasteiger partial charge on any atom is -0.464 e. The van der Waals surface area contributed by atoms with Crippen molar-refractivity contribution in [1.29, 1.82) is 0 Å². The highest BCUT2D eigenvalue weighted by atomic mass is 32.1. The van der Waals surface area contributed by atoms with Crippen molar-refractivity contribution in [2.75, 3.05) is 12.0 Å². The van der Waals surface area contributed by atoms with Gasteiger partial charge in [0.05, 0.1) is 7.11 Å².